The van der Waals surface area contributed by atoms with Gasteiger partial charge in [0.05, 0.1) is 30.1 Å². The van der Waals surface area contributed by atoms with E-state index in [1.807, 2.05) is 42.8 Å². The molecule has 0 radical (unpaired) electrons. The number of amides is 1. The Morgan fingerprint density at radius 1 is 1.29 bits per heavy atom. The number of carbonyl (C=O) groups excluding carboxylic acids is 1. The first-order chi connectivity index (χ1) is 14.9. The van der Waals surface area contributed by atoms with E-state index >= 15 is 0 Å². The summed E-state index contributed by atoms with van der Waals surface area (Å²) in [6, 6.07) is 6.06. The first kappa shape index (κ1) is 21.8. The highest BCUT2D eigenvalue weighted by Gasteiger charge is 2.36. The minimum absolute atomic E-state index is 0.0420. The maximum absolute atomic E-state index is 13.1. The van der Waals surface area contributed by atoms with Gasteiger partial charge in [0.15, 0.2) is 5.11 Å². The number of aryl methyl sites for hydroxylation is 1. The number of thiocarbonyl (C=S) groups is 1. The third-order valence-electron chi connectivity index (χ3n) is 6.08. The molecule has 2 heterocycles. The van der Waals surface area contributed by atoms with Gasteiger partial charge in [-0.25, -0.2) is 0 Å². The van der Waals surface area contributed by atoms with E-state index in [1.165, 1.54) is 6.42 Å². The fourth-order valence-corrected chi connectivity index (χ4v) is 4.87. The molecule has 4 rings (SSSR count). The molecule has 1 aromatic carbocycles. The van der Waals surface area contributed by atoms with Crippen molar-refractivity contribution in [3.8, 4) is 5.75 Å². The van der Waals surface area contributed by atoms with Crippen LogP contribution in [0, 0.1) is 13.8 Å². The van der Waals surface area contributed by atoms with Crippen molar-refractivity contribution in [1.29, 1.82) is 0 Å². The van der Waals surface area contributed by atoms with Crippen molar-refractivity contribution in [1.82, 2.24) is 20.0 Å². The Balaban J connectivity index is 1.60. The molecule has 0 unspecified atom stereocenters. The van der Waals surface area contributed by atoms with Crippen LogP contribution in [0.5, 0.6) is 5.75 Å². The number of aromatic nitrogens is 2. The van der Waals surface area contributed by atoms with Gasteiger partial charge in [0, 0.05) is 11.6 Å². The van der Waals surface area contributed by atoms with Crippen LogP contribution in [-0.4, -0.2) is 38.9 Å². The molecular weight excluding hydrogens is 432 g/mol. The minimum atomic E-state index is -0.0420. The molecule has 1 saturated heterocycles. The van der Waals surface area contributed by atoms with Crippen molar-refractivity contribution in [2.45, 2.75) is 58.5 Å². The lowest BCUT2D eigenvalue weighted by Gasteiger charge is -2.29. The monoisotopic (exact) mass is 458 g/mol. The molecule has 0 spiro atoms. The van der Waals surface area contributed by atoms with E-state index in [4.69, 9.17) is 28.6 Å². The summed E-state index contributed by atoms with van der Waals surface area (Å²) in [6.07, 6.45) is 7.41. The van der Waals surface area contributed by atoms with Crippen LogP contribution in [0.3, 0.4) is 0 Å². The van der Waals surface area contributed by atoms with E-state index in [0.717, 1.165) is 53.9 Å². The topological polar surface area (TPSA) is 59.4 Å². The number of hydrogen-bond acceptors (Lipinski definition) is 4. The molecule has 0 atom stereocenters. The van der Waals surface area contributed by atoms with Crippen LogP contribution in [-0.2, 0) is 11.3 Å². The second-order valence-corrected chi connectivity index (χ2v) is 8.93. The van der Waals surface area contributed by atoms with E-state index in [-0.39, 0.29) is 11.9 Å². The smallest absolute Gasteiger partial charge is 0.276 e. The first-order valence-electron chi connectivity index (χ1n) is 10.6. The molecule has 2 aromatic rings. The van der Waals surface area contributed by atoms with Crippen molar-refractivity contribution in [2.24, 2.45) is 0 Å². The molecule has 1 N–H and O–H groups in total. The highest BCUT2D eigenvalue weighted by molar-refractivity contribution is 7.80. The third-order valence-corrected chi connectivity index (χ3v) is 6.92. The minimum Gasteiger partial charge on any atom is -0.496 e. The lowest BCUT2D eigenvalue weighted by atomic mass is 9.94. The van der Waals surface area contributed by atoms with Crippen LogP contribution in [0.2, 0.25) is 5.02 Å². The third kappa shape index (κ3) is 4.34. The van der Waals surface area contributed by atoms with Crippen molar-refractivity contribution >= 4 is 40.9 Å². The van der Waals surface area contributed by atoms with E-state index in [2.05, 4.69) is 10.4 Å². The maximum Gasteiger partial charge on any atom is 0.276 e. The number of rotatable bonds is 5. The van der Waals surface area contributed by atoms with Gasteiger partial charge in [-0.05, 0) is 62.7 Å². The molecule has 6 nitrogen and oxygen atoms in total. The summed E-state index contributed by atoms with van der Waals surface area (Å²) in [5, 5.41) is 8.82. The summed E-state index contributed by atoms with van der Waals surface area (Å²) < 4.78 is 7.41. The zero-order chi connectivity index (χ0) is 22.1. The molecule has 1 amide bonds. The van der Waals surface area contributed by atoms with Crippen LogP contribution < -0.4 is 10.1 Å². The summed E-state index contributed by atoms with van der Waals surface area (Å²) in [6.45, 7) is 4.36. The number of nitrogens with one attached hydrogen (secondary N) is 1. The molecule has 164 valence electrons. The number of hydrogen-bond donors (Lipinski definition) is 1. The number of halogens is 1. The van der Waals surface area contributed by atoms with Gasteiger partial charge >= 0.3 is 0 Å². The largest absolute Gasteiger partial charge is 0.496 e. The number of nitrogens with zero attached hydrogens (tertiary/aromatic N) is 3. The fourth-order valence-electron chi connectivity index (χ4n) is 4.39. The highest BCUT2D eigenvalue weighted by Crippen LogP contribution is 2.28. The van der Waals surface area contributed by atoms with Gasteiger partial charge in [-0.3, -0.25) is 14.4 Å². The standard InChI is InChI=1S/C23H27ClN4O2S/c1-14-21(24)15(2)27(26-14)13-17-11-16(9-10-20(17)30-3)12-19-22(29)28(23(31)25-19)18-7-5-4-6-8-18/h9-12,18H,4-8,13H2,1-3H3,(H,25,31)/b19-12+. The number of benzene rings is 1. The molecule has 1 saturated carbocycles. The Morgan fingerprint density at radius 2 is 2.03 bits per heavy atom. The van der Waals surface area contributed by atoms with Gasteiger partial charge in [0.1, 0.15) is 11.4 Å². The lowest BCUT2D eigenvalue weighted by Crippen LogP contribution is -2.41. The van der Waals surface area contributed by atoms with E-state index in [0.29, 0.717) is 22.4 Å². The quantitative estimate of drug-likeness (QED) is 0.524. The average Bonchev–Trinajstić information content (AvgIpc) is 3.18. The Bertz CT molecular complexity index is 1060. The molecule has 1 aromatic heterocycles. The summed E-state index contributed by atoms with van der Waals surface area (Å²) in [5.74, 6) is 0.718. The van der Waals surface area contributed by atoms with E-state index < -0.39 is 0 Å². The molecule has 0 bridgehead atoms. The molecular formula is C23H27ClN4O2S. The molecule has 31 heavy (non-hydrogen) atoms. The van der Waals surface area contributed by atoms with Crippen molar-refractivity contribution < 1.29 is 9.53 Å². The number of carbonyl (C=O) groups is 1. The number of ether oxygens (including phenoxy) is 1. The molecule has 2 aliphatic rings. The summed E-state index contributed by atoms with van der Waals surface area (Å²) in [5.41, 5.74) is 4.07. The van der Waals surface area contributed by atoms with E-state index in [9.17, 15) is 4.79 Å². The zero-order valence-electron chi connectivity index (χ0n) is 18.1. The Hall–Kier alpha value is -2.38. The normalized spacial score (nSPS) is 18.7. The second-order valence-electron chi connectivity index (χ2n) is 8.17. The summed E-state index contributed by atoms with van der Waals surface area (Å²) in [4.78, 5) is 14.8. The fraction of sp³-hybridized carbons (Fsp3) is 0.435. The van der Waals surface area contributed by atoms with Crippen LogP contribution in [0.15, 0.2) is 23.9 Å². The maximum atomic E-state index is 13.1. The SMILES string of the molecule is COc1ccc(/C=C2/NC(=S)N(C3CCCCC3)C2=O)cc1Cn1nc(C)c(Cl)c1C. The predicted octanol–water partition coefficient (Wildman–Crippen LogP) is 4.60. The van der Waals surface area contributed by atoms with Crippen LogP contribution in [0.25, 0.3) is 6.08 Å². The molecule has 1 aliphatic heterocycles. The molecule has 2 fully saturated rings. The summed E-state index contributed by atoms with van der Waals surface area (Å²) in [7, 11) is 1.65. The van der Waals surface area contributed by atoms with Crippen LogP contribution in [0.1, 0.15) is 54.6 Å². The van der Waals surface area contributed by atoms with E-state index in [1.54, 1.807) is 12.0 Å². The predicted molar refractivity (Wildman–Crippen MR) is 126 cm³/mol. The van der Waals surface area contributed by atoms with Crippen molar-refractivity contribution in [3.63, 3.8) is 0 Å². The lowest BCUT2D eigenvalue weighted by molar-refractivity contribution is -0.124. The van der Waals surface area contributed by atoms with Gasteiger partial charge in [-0.2, -0.15) is 5.10 Å². The zero-order valence-corrected chi connectivity index (χ0v) is 19.6. The Labute approximate surface area is 193 Å². The van der Waals surface area contributed by atoms with Gasteiger partial charge in [0.25, 0.3) is 5.91 Å². The van der Waals surface area contributed by atoms with Gasteiger partial charge in [0.2, 0.25) is 0 Å². The number of methoxy groups -OCH3 is 1. The highest BCUT2D eigenvalue weighted by atomic mass is 35.5. The van der Waals surface area contributed by atoms with Crippen LogP contribution >= 0.6 is 23.8 Å². The average molecular weight is 459 g/mol. The molecule has 1 aliphatic carbocycles. The Morgan fingerprint density at radius 3 is 2.68 bits per heavy atom. The van der Waals surface area contributed by atoms with Crippen molar-refractivity contribution in [2.75, 3.05) is 7.11 Å². The molecule has 8 heteroatoms. The second kappa shape index (κ2) is 9.01. The van der Waals surface area contributed by atoms with Gasteiger partial charge < -0.3 is 10.1 Å². The van der Waals surface area contributed by atoms with Crippen LogP contribution in [0.4, 0.5) is 0 Å². The Kier molecular flexibility index (Phi) is 6.34. The first-order valence-corrected chi connectivity index (χ1v) is 11.4. The van der Waals surface area contributed by atoms with Gasteiger partial charge in [-0.15, -0.1) is 0 Å². The van der Waals surface area contributed by atoms with Gasteiger partial charge in [-0.1, -0.05) is 36.9 Å². The van der Waals surface area contributed by atoms with Crippen molar-refractivity contribution in [3.05, 3.63) is 51.4 Å². The summed E-state index contributed by atoms with van der Waals surface area (Å²) >= 11 is 11.8.